The van der Waals surface area contributed by atoms with Crippen LogP contribution in [0.1, 0.15) is 34.1 Å². The molecule has 1 aliphatic heterocycles. The predicted molar refractivity (Wildman–Crippen MR) is 65.3 cm³/mol. The molecule has 7 heteroatoms. The Morgan fingerprint density at radius 1 is 1.56 bits per heavy atom. The lowest BCUT2D eigenvalue weighted by atomic mass is 9.97. The molecule has 0 saturated carbocycles. The average molecular weight is 264 g/mol. The maximum atomic E-state index is 12.0. The molecule has 0 spiro atoms. The van der Waals surface area contributed by atoms with Gasteiger partial charge in [0.1, 0.15) is 5.54 Å². The minimum Gasteiger partial charge on any atom is -0.391 e. The van der Waals surface area contributed by atoms with Gasteiger partial charge in [-0.1, -0.05) is 19.1 Å². The number of thiocarbonyl (C=S) groups is 1. The van der Waals surface area contributed by atoms with Crippen molar-refractivity contribution in [2.75, 3.05) is 0 Å². The number of carbonyl (C=O) groups excluding carboxylic acids is 1. The molecule has 1 atom stereocenters. The van der Waals surface area contributed by atoms with Gasteiger partial charge >= 0.3 is 0 Å². The third kappa shape index (κ3) is 1.31. The Kier molecular flexibility index (Phi) is 2.84. The van der Waals surface area contributed by atoms with Gasteiger partial charge in [0.15, 0.2) is 4.75 Å². The second-order valence-electron chi connectivity index (χ2n) is 4.58. The number of hydrogen-bond donors (Lipinski definition) is 1. The van der Waals surface area contributed by atoms with Crippen molar-refractivity contribution in [2.24, 2.45) is 5.73 Å². The molecule has 1 fully saturated rings. The van der Waals surface area contributed by atoms with E-state index in [0.717, 1.165) is 4.31 Å². The Hall–Kier alpha value is -0.690. The fourth-order valence-corrected chi connectivity index (χ4v) is 3.69. The van der Waals surface area contributed by atoms with Crippen molar-refractivity contribution in [3.8, 4) is 0 Å². The SMILES string of the molecule is CCC(C)(C(N)=S)N1C(=O)C(C)(C)S1(=O)=O. The summed E-state index contributed by atoms with van der Waals surface area (Å²) in [6, 6.07) is 0. The molecule has 1 amide bonds. The van der Waals surface area contributed by atoms with Crippen LogP contribution in [0.4, 0.5) is 0 Å². The van der Waals surface area contributed by atoms with Crippen LogP contribution in [0.25, 0.3) is 0 Å². The second-order valence-corrected chi connectivity index (χ2v) is 7.35. The molecule has 1 heterocycles. The highest BCUT2D eigenvalue weighted by atomic mass is 32.2. The van der Waals surface area contributed by atoms with Crippen molar-refractivity contribution in [1.29, 1.82) is 0 Å². The highest BCUT2D eigenvalue weighted by Gasteiger charge is 2.65. The van der Waals surface area contributed by atoms with Gasteiger partial charge in [-0.25, -0.2) is 12.7 Å². The monoisotopic (exact) mass is 264 g/mol. The molecule has 1 rings (SSSR count). The first-order valence-electron chi connectivity index (χ1n) is 4.92. The van der Waals surface area contributed by atoms with Gasteiger partial charge in [0.05, 0.1) is 4.99 Å². The molecule has 92 valence electrons. The number of sulfonamides is 1. The fourth-order valence-electron chi connectivity index (χ4n) is 1.56. The topological polar surface area (TPSA) is 80.5 Å². The number of nitrogens with zero attached hydrogens (tertiary/aromatic N) is 1. The molecule has 16 heavy (non-hydrogen) atoms. The van der Waals surface area contributed by atoms with Crippen molar-refractivity contribution in [1.82, 2.24) is 4.31 Å². The van der Waals surface area contributed by atoms with E-state index in [9.17, 15) is 13.2 Å². The van der Waals surface area contributed by atoms with Gasteiger partial charge in [-0.05, 0) is 27.2 Å². The standard InChI is InChI=1S/C9H16N2O3S2/c1-5-9(4,6(10)15)11-7(12)8(2,3)16(11,13)14/h5H2,1-4H3,(H2,10,15). The molecule has 1 unspecified atom stereocenters. The number of carbonyl (C=O) groups is 1. The highest BCUT2D eigenvalue weighted by Crippen LogP contribution is 2.41. The first-order valence-corrected chi connectivity index (χ1v) is 6.77. The summed E-state index contributed by atoms with van der Waals surface area (Å²) >= 11 is 4.86. The van der Waals surface area contributed by atoms with E-state index >= 15 is 0 Å². The third-order valence-corrected chi connectivity index (χ3v) is 6.21. The normalized spacial score (nSPS) is 25.8. The van der Waals surface area contributed by atoms with E-state index in [1.165, 1.54) is 13.8 Å². The highest BCUT2D eigenvalue weighted by molar-refractivity contribution is 7.94. The lowest BCUT2D eigenvalue weighted by Gasteiger charge is -2.51. The van der Waals surface area contributed by atoms with E-state index in [0.29, 0.717) is 6.42 Å². The van der Waals surface area contributed by atoms with Gasteiger partial charge in [-0.2, -0.15) is 0 Å². The van der Waals surface area contributed by atoms with Crippen molar-refractivity contribution in [3.63, 3.8) is 0 Å². The molecule has 5 nitrogen and oxygen atoms in total. The van der Waals surface area contributed by atoms with E-state index in [1.807, 2.05) is 0 Å². The molecule has 1 saturated heterocycles. The maximum absolute atomic E-state index is 12.0. The minimum absolute atomic E-state index is 0.0161. The van der Waals surface area contributed by atoms with Crippen LogP contribution in [0, 0.1) is 0 Å². The van der Waals surface area contributed by atoms with Gasteiger partial charge in [0.25, 0.3) is 15.9 Å². The van der Waals surface area contributed by atoms with Crippen LogP contribution in [-0.2, 0) is 14.8 Å². The predicted octanol–water partition coefficient (Wildman–Crippen LogP) is 0.392. The zero-order valence-electron chi connectivity index (χ0n) is 9.77. The van der Waals surface area contributed by atoms with Crippen molar-refractivity contribution in [2.45, 2.75) is 44.4 Å². The Balaban J connectivity index is 3.30. The second kappa shape index (κ2) is 3.40. The zero-order valence-corrected chi connectivity index (χ0v) is 11.4. The van der Waals surface area contributed by atoms with E-state index in [-0.39, 0.29) is 4.99 Å². The first kappa shape index (κ1) is 13.4. The zero-order chi connectivity index (χ0) is 12.9. The molecule has 0 aromatic carbocycles. The largest absolute Gasteiger partial charge is 0.391 e. The summed E-state index contributed by atoms with van der Waals surface area (Å²) in [4.78, 5) is 11.9. The minimum atomic E-state index is -3.65. The quantitative estimate of drug-likeness (QED) is 0.746. The summed E-state index contributed by atoms with van der Waals surface area (Å²) in [5, 5.41) is 0. The summed E-state index contributed by atoms with van der Waals surface area (Å²) in [7, 11) is -3.65. The van der Waals surface area contributed by atoms with Crippen LogP contribution in [0.2, 0.25) is 0 Å². The van der Waals surface area contributed by atoms with Crippen LogP contribution in [-0.4, -0.2) is 33.9 Å². The molecule has 0 radical (unpaired) electrons. The van der Waals surface area contributed by atoms with E-state index < -0.39 is 26.2 Å². The van der Waals surface area contributed by atoms with Gasteiger partial charge in [-0.3, -0.25) is 4.79 Å². The van der Waals surface area contributed by atoms with Crippen LogP contribution in [0.5, 0.6) is 0 Å². The first-order chi connectivity index (χ1) is 7.03. The number of amides is 1. The van der Waals surface area contributed by atoms with Crippen molar-refractivity contribution in [3.05, 3.63) is 0 Å². The summed E-state index contributed by atoms with van der Waals surface area (Å²) in [6.07, 6.45) is 0.364. The van der Waals surface area contributed by atoms with Gasteiger partial charge in [0, 0.05) is 0 Å². The Bertz CT molecular complexity index is 455. The van der Waals surface area contributed by atoms with Crippen LogP contribution in [0.3, 0.4) is 0 Å². The summed E-state index contributed by atoms with van der Waals surface area (Å²) in [5.41, 5.74) is 4.44. The lowest BCUT2D eigenvalue weighted by molar-refractivity contribution is -0.135. The maximum Gasteiger partial charge on any atom is 0.259 e. The number of hydrogen-bond acceptors (Lipinski definition) is 4. The van der Waals surface area contributed by atoms with Gasteiger partial charge in [0.2, 0.25) is 0 Å². The lowest BCUT2D eigenvalue weighted by Crippen LogP contribution is -2.75. The van der Waals surface area contributed by atoms with Crippen LogP contribution in [0.15, 0.2) is 0 Å². The Morgan fingerprint density at radius 2 is 2.00 bits per heavy atom. The fraction of sp³-hybridized carbons (Fsp3) is 0.778. The molecule has 2 N–H and O–H groups in total. The molecular weight excluding hydrogens is 248 g/mol. The molecule has 0 aliphatic carbocycles. The van der Waals surface area contributed by atoms with Gasteiger partial charge < -0.3 is 5.73 Å². The average Bonchev–Trinajstić information content (AvgIpc) is 2.16. The van der Waals surface area contributed by atoms with E-state index in [1.54, 1.807) is 13.8 Å². The van der Waals surface area contributed by atoms with E-state index in [2.05, 4.69) is 0 Å². The Morgan fingerprint density at radius 3 is 2.25 bits per heavy atom. The molecule has 0 aromatic heterocycles. The third-order valence-electron chi connectivity index (χ3n) is 3.25. The smallest absolute Gasteiger partial charge is 0.259 e. The molecular formula is C9H16N2O3S2. The van der Waals surface area contributed by atoms with Gasteiger partial charge in [-0.15, -0.1) is 0 Å². The van der Waals surface area contributed by atoms with Crippen LogP contribution >= 0.6 is 12.2 Å². The van der Waals surface area contributed by atoms with Crippen molar-refractivity contribution >= 4 is 33.1 Å². The molecule has 0 aromatic rings. The summed E-state index contributed by atoms with van der Waals surface area (Å²) in [5.74, 6) is -0.454. The number of rotatable bonds is 3. The summed E-state index contributed by atoms with van der Waals surface area (Å²) in [6.45, 7) is 6.08. The Labute approximate surface area is 101 Å². The summed E-state index contributed by atoms with van der Waals surface area (Å²) < 4.78 is 23.4. The van der Waals surface area contributed by atoms with Crippen LogP contribution < -0.4 is 5.73 Å². The molecule has 0 bridgehead atoms. The van der Waals surface area contributed by atoms with E-state index in [4.69, 9.17) is 18.0 Å². The van der Waals surface area contributed by atoms with Crippen molar-refractivity contribution < 1.29 is 13.2 Å². The number of nitrogens with two attached hydrogens (primary N) is 1. The molecule has 1 aliphatic rings.